The zero-order valence-electron chi connectivity index (χ0n) is 10.8. The quantitative estimate of drug-likeness (QED) is 0.740. The van der Waals surface area contributed by atoms with Crippen LogP contribution in [0.2, 0.25) is 0 Å². The monoisotopic (exact) mass is 228 g/mol. The SMILES string of the molecule is CCOc1ccccc1.Cc1cccc(C)c1. The summed E-state index contributed by atoms with van der Waals surface area (Å²) in [7, 11) is 0. The van der Waals surface area contributed by atoms with E-state index in [2.05, 4.69) is 38.1 Å². The second-order valence-corrected chi connectivity index (χ2v) is 3.90. The summed E-state index contributed by atoms with van der Waals surface area (Å²) >= 11 is 0. The Balaban J connectivity index is 0.000000171. The molecule has 0 radical (unpaired) electrons. The molecule has 0 heterocycles. The van der Waals surface area contributed by atoms with E-state index in [-0.39, 0.29) is 0 Å². The zero-order chi connectivity index (χ0) is 12.5. The van der Waals surface area contributed by atoms with Crippen LogP contribution in [0.4, 0.5) is 0 Å². The van der Waals surface area contributed by atoms with Crippen LogP contribution in [0.15, 0.2) is 54.6 Å². The molecule has 0 aliphatic rings. The number of rotatable bonds is 2. The molecular weight excluding hydrogens is 208 g/mol. The summed E-state index contributed by atoms with van der Waals surface area (Å²) in [5, 5.41) is 0. The Morgan fingerprint density at radius 1 is 0.824 bits per heavy atom. The highest BCUT2D eigenvalue weighted by Gasteiger charge is 1.83. The summed E-state index contributed by atoms with van der Waals surface area (Å²) in [6, 6.07) is 18.2. The van der Waals surface area contributed by atoms with E-state index in [1.54, 1.807) is 0 Å². The van der Waals surface area contributed by atoms with E-state index in [1.165, 1.54) is 11.1 Å². The van der Waals surface area contributed by atoms with Gasteiger partial charge in [0, 0.05) is 0 Å². The van der Waals surface area contributed by atoms with Crippen LogP contribution in [-0.4, -0.2) is 6.61 Å². The maximum Gasteiger partial charge on any atom is 0.119 e. The fourth-order valence-corrected chi connectivity index (χ4v) is 1.49. The molecule has 0 unspecified atom stereocenters. The van der Waals surface area contributed by atoms with Crippen molar-refractivity contribution in [3.8, 4) is 5.75 Å². The van der Waals surface area contributed by atoms with Gasteiger partial charge in [-0.2, -0.15) is 0 Å². The summed E-state index contributed by atoms with van der Waals surface area (Å²) < 4.78 is 5.21. The lowest BCUT2D eigenvalue weighted by Gasteiger charge is -1.99. The van der Waals surface area contributed by atoms with Crippen LogP contribution >= 0.6 is 0 Å². The molecule has 2 aromatic rings. The fraction of sp³-hybridized carbons (Fsp3) is 0.250. The van der Waals surface area contributed by atoms with Gasteiger partial charge in [0.25, 0.3) is 0 Å². The Bertz CT molecular complexity index is 403. The van der Waals surface area contributed by atoms with Gasteiger partial charge in [-0.25, -0.2) is 0 Å². The minimum atomic E-state index is 0.740. The van der Waals surface area contributed by atoms with Crippen LogP contribution in [0.25, 0.3) is 0 Å². The molecule has 0 atom stereocenters. The van der Waals surface area contributed by atoms with Gasteiger partial charge >= 0.3 is 0 Å². The molecule has 2 aromatic carbocycles. The molecule has 0 saturated carbocycles. The van der Waals surface area contributed by atoms with Crippen molar-refractivity contribution in [1.82, 2.24) is 0 Å². The molecule has 0 amide bonds. The molecule has 0 bridgehead atoms. The molecule has 0 fully saturated rings. The Hall–Kier alpha value is -1.76. The fourth-order valence-electron chi connectivity index (χ4n) is 1.49. The van der Waals surface area contributed by atoms with Crippen molar-refractivity contribution in [2.45, 2.75) is 20.8 Å². The summed E-state index contributed by atoms with van der Waals surface area (Å²) in [5.41, 5.74) is 2.68. The summed E-state index contributed by atoms with van der Waals surface area (Å²) in [6.07, 6.45) is 0. The molecule has 1 heteroatoms. The van der Waals surface area contributed by atoms with Gasteiger partial charge in [0.05, 0.1) is 6.61 Å². The van der Waals surface area contributed by atoms with Gasteiger partial charge in [0.2, 0.25) is 0 Å². The first-order chi connectivity index (χ1) is 8.22. The van der Waals surface area contributed by atoms with Crippen molar-refractivity contribution in [3.63, 3.8) is 0 Å². The largest absolute Gasteiger partial charge is 0.494 e. The first-order valence-corrected chi connectivity index (χ1v) is 5.93. The van der Waals surface area contributed by atoms with Crippen LogP contribution < -0.4 is 4.74 Å². The van der Waals surface area contributed by atoms with Crippen molar-refractivity contribution >= 4 is 0 Å². The van der Waals surface area contributed by atoms with E-state index in [1.807, 2.05) is 37.3 Å². The Kier molecular flexibility index (Phi) is 5.87. The van der Waals surface area contributed by atoms with Crippen molar-refractivity contribution in [2.24, 2.45) is 0 Å². The molecule has 0 aliphatic carbocycles. The predicted molar refractivity (Wildman–Crippen MR) is 73.5 cm³/mol. The van der Waals surface area contributed by atoms with Crippen LogP contribution in [-0.2, 0) is 0 Å². The van der Waals surface area contributed by atoms with Gasteiger partial charge in [0.1, 0.15) is 5.75 Å². The van der Waals surface area contributed by atoms with Crippen molar-refractivity contribution < 1.29 is 4.74 Å². The molecule has 1 nitrogen and oxygen atoms in total. The minimum absolute atomic E-state index is 0.740. The molecular formula is C16H20O. The van der Waals surface area contributed by atoms with Gasteiger partial charge in [0.15, 0.2) is 0 Å². The molecule has 2 rings (SSSR count). The van der Waals surface area contributed by atoms with E-state index in [9.17, 15) is 0 Å². The second-order valence-electron chi connectivity index (χ2n) is 3.90. The standard InChI is InChI=1S/C8H10O.C8H10/c1-2-9-8-6-4-3-5-7-8;1-7-4-3-5-8(2)6-7/h3-7H,2H2,1H3;3-6H,1-2H3. The number of hydrogen-bond donors (Lipinski definition) is 0. The number of para-hydroxylation sites is 1. The third-order valence-electron chi connectivity index (χ3n) is 2.23. The number of hydrogen-bond acceptors (Lipinski definition) is 1. The van der Waals surface area contributed by atoms with E-state index < -0.39 is 0 Å². The van der Waals surface area contributed by atoms with Gasteiger partial charge in [-0.05, 0) is 32.9 Å². The Morgan fingerprint density at radius 2 is 1.41 bits per heavy atom. The van der Waals surface area contributed by atoms with Crippen LogP contribution in [0.1, 0.15) is 18.1 Å². The molecule has 0 aromatic heterocycles. The Morgan fingerprint density at radius 3 is 1.82 bits per heavy atom. The van der Waals surface area contributed by atoms with Crippen molar-refractivity contribution in [3.05, 3.63) is 65.7 Å². The normalized spacial score (nSPS) is 9.12. The van der Waals surface area contributed by atoms with E-state index in [0.717, 1.165) is 12.4 Å². The van der Waals surface area contributed by atoms with Gasteiger partial charge in [-0.15, -0.1) is 0 Å². The lowest BCUT2D eigenvalue weighted by Crippen LogP contribution is -1.89. The minimum Gasteiger partial charge on any atom is -0.494 e. The first kappa shape index (κ1) is 13.3. The molecule has 0 saturated heterocycles. The van der Waals surface area contributed by atoms with Gasteiger partial charge < -0.3 is 4.74 Å². The number of benzene rings is 2. The van der Waals surface area contributed by atoms with E-state index >= 15 is 0 Å². The Labute approximate surface area is 104 Å². The highest BCUT2D eigenvalue weighted by molar-refractivity contribution is 5.21. The van der Waals surface area contributed by atoms with Gasteiger partial charge in [-0.1, -0.05) is 53.6 Å². The van der Waals surface area contributed by atoms with Crippen molar-refractivity contribution in [1.29, 1.82) is 0 Å². The molecule has 90 valence electrons. The summed E-state index contributed by atoms with van der Waals surface area (Å²) in [6.45, 7) is 6.93. The topological polar surface area (TPSA) is 9.23 Å². The number of aryl methyl sites for hydroxylation is 2. The molecule has 17 heavy (non-hydrogen) atoms. The molecule has 0 spiro atoms. The second kappa shape index (κ2) is 7.50. The van der Waals surface area contributed by atoms with E-state index in [4.69, 9.17) is 4.74 Å². The van der Waals surface area contributed by atoms with Gasteiger partial charge in [-0.3, -0.25) is 0 Å². The maximum atomic E-state index is 5.21. The summed E-state index contributed by atoms with van der Waals surface area (Å²) in [4.78, 5) is 0. The first-order valence-electron chi connectivity index (χ1n) is 5.93. The maximum absolute atomic E-state index is 5.21. The average molecular weight is 228 g/mol. The van der Waals surface area contributed by atoms with Crippen LogP contribution in [0.3, 0.4) is 0 Å². The third kappa shape index (κ3) is 5.76. The number of ether oxygens (including phenoxy) is 1. The lowest BCUT2D eigenvalue weighted by atomic mass is 10.2. The summed E-state index contributed by atoms with van der Waals surface area (Å²) in [5.74, 6) is 0.944. The predicted octanol–water partition coefficient (Wildman–Crippen LogP) is 4.39. The smallest absolute Gasteiger partial charge is 0.119 e. The molecule has 0 N–H and O–H groups in total. The highest BCUT2D eigenvalue weighted by atomic mass is 16.5. The highest BCUT2D eigenvalue weighted by Crippen LogP contribution is 2.06. The lowest BCUT2D eigenvalue weighted by molar-refractivity contribution is 0.340. The van der Waals surface area contributed by atoms with Crippen molar-refractivity contribution in [2.75, 3.05) is 6.61 Å². The third-order valence-corrected chi connectivity index (χ3v) is 2.23. The average Bonchev–Trinajstić information content (AvgIpc) is 2.31. The molecule has 0 aliphatic heterocycles. The zero-order valence-corrected chi connectivity index (χ0v) is 10.8. The van der Waals surface area contributed by atoms with Crippen LogP contribution in [0.5, 0.6) is 5.75 Å². The van der Waals surface area contributed by atoms with Crippen LogP contribution in [0, 0.1) is 13.8 Å². The van der Waals surface area contributed by atoms with E-state index in [0.29, 0.717) is 0 Å².